The number of aromatic nitrogens is 7. The Balaban J connectivity index is 1.23. The molecule has 2 N–H and O–H groups in total. The molecule has 1 fully saturated rings. The maximum absolute atomic E-state index is 14.7. The zero-order valence-corrected chi connectivity index (χ0v) is 21.1. The maximum Gasteiger partial charge on any atom is 0.159 e. The molecule has 1 aliphatic heterocycles. The molecule has 0 radical (unpaired) electrons. The standard InChI is InChI=1S/C29H25FN8O/c30-20-10-19(11-21(12-20)39-9-8-38-6-1-2-7-38)23-15-32-16-26-27(23)35-29(34-26)28-22-13-24(18-4-3-5-31-14-18)33-17-25(22)36-37-28/h3-5,10-17H,1-2,6-9H2,(H,34,35)(H,36,37). The largest absolute Gasteiger partial charge is 0.492 e. The summed E-state index contributed by atoms with van der Waals surface area (Å²) in [5.41, 5.74) is 5.89. The lowest BCUT2D eigenvalue weighted by Crippen LogP contribution is -2.25. The summed E-state index contributed by atoms with van der Waals surface area (Å²) >= 11 is 0. The topological polar surface area (TPSA) is 108 Å². The molecular formula is C29H25FN8O. The third-order valence-electron chi connectivity index (χ3n) is 7.08. The number of halogens is 1. The van der Waals surface area contributed by atoms with Crippen molar-refractivity contribution in [3.05, 3.63) is 73.2 Å². The monoisotopic (exact) mass is 520 g/mol. The summed E-state index contributed by atoms with van der Waals surface area (Å²) in [5.74, 6) is 0.697. The van der Waals surface area contributed by atoms with E-state index in [1.165, 1.54) is 25.0 Å². The molecule has 0 aliphatic carbocycles. The predicted octanol–water partition coefficient (Wildman–Crippen LogP) is 5.24. The molecule has 1 aromatic carbocycles. The number of rotatable bonds is 7. The van der Waals surface area contributed by atoms with Gasteiger partial charge in [-0.05, 0) is 61.8 Å². The van der Waals surface area contributed by atoms with E-state index in [1.54, 1.807) is 31.0 Å². The van der Waals surface area contributed by atoms with Gasteiger partial charge >= 0.3 is 0 Å². The van der Waals surface area contributed by atoms with Crippen LogP contribution in [0, 0.1) is 5.82 Å². The van der Waals surface area contributed by atoms with Crippen molar-refractivity contribution in [2.24, 2.45) is 0 Å². The fourth-order valence-corrected chi connectivity index (χ4v) is 5.13. The zero-order chi connectivity index (χ0) is 26.2. The Morgan fingerprint density at radius 1 is 0.949 bits per heavy atom. The van der Waals surface area contributed by atoms with Crippen molar-refractivity contribution in [1.82, 2.24) is 40.0 Å². The highest BCUT2D eigenvalue weighted by atomic mass is 19.1. The van der Waals surface area contributed by atoms with Gasteiger partial charge in [0.25, 0.3) is 0 Å². The molecule has 1 aliphatic rings. The van der Waals surface area contributed by atoms with Crippen LogP contribution in [0.1, 0.15) is 12.8 Å². The number of ether oxygens (including phenoxy) is 1. The van der Waals surface area contributed by atoms with Crippen molar-refractivity contribution < 1.29 is 9.13 Å². The van der Waals surface area contributed by atoms with Crippen molar-refractivity contribution in [3.63, 3.8) is 0 Å². The molecule has 7 rings (SSSR count). The number of H-pyrrole nitrogens is 2. The second-order valence-corrected chi connectivity index (χ2v) is 9.67. The first-order valence-electron chi connectivity index (χ1n) is 13.0. The quantitative estimate of drug-likeness (QED) is 0.296. The number of nitrogens with zero attached hydrogens (tertiary/aromatic N) is 6. The smallest absolute Gasteiger partial charge is 0.159 e. The Kier molecular flexibility index (Phi) is 5.93. The highest BCUT2D eigenvalue weighted by Gasteiger charge is 2.18. The van der Waals surface area contributed by atoms with Crippen LogP contribution < -0.4 is 4.74 Å². The van der Waals surface area contributed by atoms with Crippen LogP contribution in [0.25, 0.3) is 55.8 Å². The number of hydrogen-bond donors (Lipinski definition) is 2. The van der Waals surface area contributed by atoms with E-state index in [0.29, 0.717) is 40.5 Å². The fourth-order valence-electron chi connectivity index (χ4n) is 5.13. The van der Waals surface area contributed by atoms with E-state index in [2.05, 4.69) is 35.0 Å². The third-order valence-corrected chi connectivity index (χ3v) is 7.08. The van der Waals surface area contributed by atoms with Gasteiger partial charge in [-0.25, -0.2) is 9.37 Å². The number of aromatic amines is 2. The van der Waals surface area contributed by atoms with Gasteiger partial charge < -0.3 is 9.72 Å². The van der Waals surface area contributed by atoms with Crippen molar-refractivity contribution in [2.75, 3.05) is 26.2 Å². The van der Waals surface area contributed by atoms with Gasteiger partial charge in [-0.2, -0.15) is 5.10 Å². The minimum absolute atomic E-state index is 0.370. The van der Waals surface area contributed by atoms with Gasteiger partial charge in [0.05, 0.1) is 34.6 Å². The van der Waals surface area contributed by atoms with Crippen LogP contribution in [0.5, 0.6) is 5.75 Å². The van der Waals surface area contributed by atoms with E-state index in [9.17, 15) is 4.39 Å². The summed E-state index contributed by atoms with van der Waals surface area (Å²) in [7, 11) is 0. The average molecular weight is 521 g/mol. The van der Waals surface area contributed by atoms with Crippen LogP contribution in [-0.4, -0.2) is 66.3 Å². The lowest BCUT2D eigenvalue weighted by atomic mass is 10.1. The second-order valence-electron chi connectivity index (χ2n) is 9.67. The first-order chi connectivity index (χ1) is 19.2. The fraction of sp³-hybridized carbons (Fsp3) is 0.207. The van der Waals surface area contributed by atoms with Crippen molar-refractivity contribution >= 4 is 21.9 Å². The predicted molar refractivity (Wildman–Crippen MR) is 147 cm³/mol. The number of nitrogens with one attached hydrogen (secondary N) is 2. The number of imidazole rings is 1. The summed E-state index contributed by atoms with van der Waals surface area (Å²) in [6.07, 6.45) is 11.1. The van der Waals surface area contributed by atoms with Crippen molar-refractivity contribution in [1.29, 1.82) is 0 Å². The minimum Gasteiger partial charge on any atom is -0.492 e. The summed E-state index contributed by atoms with van der Waals surface area (Å²) in [4.78, 5) is 23.7. The van der Waals surface area contributed by atoms with E-state index in [0.717, 1.165) is 47.3 Å². The highest BCUT2D eigenvalue weighted by Crippen LogP contribution is 2.33. The number of likely N-dealkylation sites (tertiary alicyclic amines) is 1. The first kappa shape index (κ1) is 23.4. The molecule has 0 amide bonds. The number of fused-ring (bicyclic) bond motifs is 2. The molecule has 1 saturated heterocycles. The molecule has 6 aromatic rings. The maximum atomic E-state index is 14.7. The van der Waals surface area contributed by atoms with Gasteiger partial charge in [0.15, 0.2) is 5.82 Å². The van der Waals surface area contributed by atoms with E-state index in [4.69, 9.17) is 9.72 Å². The van der Waals surface area contributed by atoms with Crippen LogP contribution >= 0.6 is 0 Å². The first-order valence-corrected chi connectivity index (χ1v) is 13.0. The number of benzene rings is 1. The van der Waals surface area contributed by atoms with Gasteiger partial charge in [0.1, 0.15) is 23.9 Å². The van der Waals surface area contributed by atoms with Crippen molar-refractivity contribution in [3.8, 4) is 39.7 Å². The molecular weight excluding hydrogens is 495 g/mol. The van der Waals surface area contributed by atoms with Crippen LogP contribution in [0.4, 0.5) is 4.39 Å². The lowest BCUT2D eigenvalue weighted by molar-refractivity contribution is 0.237. The lowest BCUT2D eigenvalue weighted by Gasteiger charge is -2.15. The number of hydrogen-bond acceptors (Lipinski definition) is 7. The van der Waals surface area contributed by atoms with E-state index >= 15 is 0 Å². The van der Waals surface area contributed by atoms with E-state index < -0.39 is 0 Å². The highest BCUT2D eigenvalue weighted by molar-refractivity contribution is 5.97. The molecule has 5 aromatic heterocycles. The van der Waals surface area contributed by atoms with Gasteiger partial charge in [-0.1, -0.05) is 0 Å². The third kappa shape index (κ3) is 4.59. The molecule has 0 saturated carbocycles. The SMILES string of the molecule is Fc1cc(OCCN2CCCC2)cc(-c2cncc3[nH]c(-c4n[nH]c5cnc(-c6cccnc6)cc45)nc23)c1. The molecule has 0 spiro atoms. The van der Waals surface area contributed by atoms with Crippen LogP contribution in [0.15, 0.2) is 67.4 Å². The van der Waals surface area contributed by atoms with E-state index in [-0.39, 0.29) is 5.82 Å². The molecule has 0 bridgehead atoms. The number of pyridine rings is 3. The van der Waals surface area contributed by atoms with Crippen LogP contribution in [0.2, 0.25) is 0 Å². The average Bonchev–Trinajstić information content (AvgIpc) is 3.72. The molecule has 6 heterocycles. The molecule has 0 atom stereocenters. The molecule has 0 unspecified atom stereocenters. The Labute approximate surface area is 223 Å². The Hall–Kier alpha value is -4.70. The Morgan fingerprint density at radius 3 is 2.74 bits per heavy atom. The Morgan fingerprint density at radius 2 is 1.87 bits per heavy atom. The van der Waals surface area contributed by atoms with Gasteiger partial charge in [0, 0.05) is 47.7 Å². The van der Waals surface area contributed by atoms with Gasteiger partial charge in [-0.15, -0.1) is 0 Å². The van der Waals surface area contributed by atoms with E-state index in [1.807, 2.05) is 24.3 Å². The summed E-state index contributed by atoms with van der Waals surface area (Å²) < 4.78 is 20.6. The van der Waals surface area contributed by atoms with Gasteiger partial charge in [0.2, 0.25) is 0 Å². The summed E-state index contributed by atoms with van der Waals surface area (Å²) in [6.45, 7) is 3.54. The zero-order valence-electron chi connectivity index (χ0n) is 21.1. The molecule has 10 heteroatoms. The van der Waals surface area contributed by atoms with Crippen molar-refractivity contribution in [2.45, 2.75) is 12.8 Å². The second kappa shape index (κ2) is 9.88. The summed E-state index contributed by atoms with van der Waals surface area (Å²) in [6, 6.07) is 10.5. The normalized spacial score (nSPS) is 14.0. The molecule has 9 nitrogen and oxygen atoms in total. The molecule has 194 valence electrons. The van der Waals surface area contributed by atoms with Gasteiger partial charge in [-0.3, -0.25) is 25.0 Å². The molecule has 39 heavy (non-hydrogen) atoms. The van der Waals surface area contributed by atoms with Crippen LogP contribution in [0.3, 0.4) is 0 Å². The minimum atomic E-state index is -0.370. The van der Waals surface area contributed by atoms with Crippen LogP contribution in [-0.2, 0) is 0 Å². The Bertz CT molecular complexity index is 1780. The summed E-state index contributed by atoms with van der Waals surface area (Å²) in [5, 5.41) is 8.42.